The SMILES string of the molecule is CCC(C)NC(=O)C(Cc1ccccc1)N(Cc1cccc(OC)c1)C(=O)CCSCc1ccccc1. The number of thioether (sulfide) groups is 1. The van der Waals surface area contributed by atoms with Crippen LogP contribution in [0.5, 0.6) is 5.75 Å². The molecule has 0 saturated carbocycles. The van der Waals surface area contributed by atoms with E-state index in [1.165, 1.54) is 5.56 Å². The molecule has 196 valence electrons. The van der Waals surface area contributed by atoms with Gasteiger partial charge in [-0.3, -0.25) is 9.59 Å². The lowest BCUT2D eigenvalue weighted by Gasteiger charge is -2.32. The Bertz CT molecular complexity index is 1110. The highest BCUT2D eigenvalue weighted by Gasteiger charge is 2.30. The van der Waals surface area contributed by atoms with Gasteiger partial charge in [-0.15, -0.1) is 0 Å². The van der Waals surface area contributed by atoms with E-state index in [0.29, 0.717) is 25.1 Å². The van der Waals surface area contributed by atoms with Crippen molar-refractivity contribution in [3.8, 4) is 5.75 Å². The summed E-state index contributed by atoms with van der Waals surface area (Å²) in [5, 5.41) is 3.12. The highest BCUT2D eigenvalue weighted by Crippen LogP contribution is 2.20. The predicted molar refractivity (Wildman–Crippen MR) is 153 cm³/mol. The van der Waals surface area contributed by atoms with Gasteiger partial charge in [0, 0.05) is 36.9 Å². The van der Waals surface area contributed by atoms with Crippen LogP contribution < -0.4 is 10.1 Å². The number of carbonyl (C=O) groups is 2. The quantitative estimate of drug-likeness (QED) is 0.271. The van der Waals surface area contributed by atoms with Crippen LogP contribution in [0, 0.1) is 0 Å². The summed E-state index contributed by atoms with van der Waals surface area (Å²) in [7, 11) is 1.63. The minimum Gasteiger partial charge on any atom is -0.497 e. The molecular weight excluding hydrogens is 480 g/mol. The van der Waals surface area contributed by atoms with Gasteiger partial charge in [0.1, 0.15) is 11.8 Å². The fraction of sp³-hybridized carbons (Fsp3) is 0.355. The first-order valence-electron chi connectivity index (χ1n) is 12.9. The van der Waals surface area contributed by atoms with Crippen molar-refractivity contribution in [2.24, 2.45) is 0 Å². The normalized spacial score (nSPS) is 12.4. The number of rotatable bonds is 14. The first-order chi connectivity index (χ1) is 18.0. The number of carbonyl (C=O) groups excluding carboxylic acids is 2. The van der Waals surface area contributed by atoms with Gasteiger partial charge in [0.15, 0.2) is 0 Å². The van der Waals surface area contributed by atoms with Crippen LogP contribution in [0.15, 0.2) is 84.9 Å². The van der Waals surface area contributed by atoms with Crippen molar-refractivity contribution in [1.29, 1.82) is 0 Å². The molecule has 2 amide bonds. The highest BCUT2D eigenvalue weighted by molar-refractivity contribution is 7.98. The van der Waals surface area contributed by atoms with Crippen molar-refractivity contribution in [3.05, 3.63) is 102 Å². The first kappa shape index (κ1) is 28.3. The summed E-state index contributed by atoms with van der Waals surface area (Å²) in [6.45, 7) is 4.37. The Kier molecular flexibility index (Phi) is 11.6. The van der Waals surface area contributed by atoms with Crippen LogP contribution in [0.25, 0.3) is 0 Å². The molecule has 0 aliphatic heterocycles. The van der Waals surface area contributed by atoms with Gasteiger partial charge < -0.3 is 15.0 Å². The van der Waals surface area contributed by atoms with Gasteiger partial charge in [-0.1, -0.05) is 79.7 Å². The average Bonchev–Trinajstić information content (AvgIpc) is 2.94. The lowest BCUT2D eigenvalue weighted by Crippen LogP contribution is -2.52. The van der Waals surface area contributed by atoms with Gasteiger partial charge >= 0.3 is 0 Å². The van der Waals surface area contributed by atoms with E-state index in [4.69, 9.17) is 4.74 Å². The van der Waals surface area contributed by atoms with E-state index in [1.807, 2.05) is 86.6 Å². The second kappa shape index (κ2) is 15.1. The number of hydrogen-bond donors (Lipinski definition) is 1. The molecule has 5 nitrogen and oxygen atoms in total. The average molecular weight is 519 g/mol. The summed E-state index contributed by atoms with van der Waals surface area (Å²) in [5.41, 5.74) is 3.19. The zero-order valence-electron chi connectivity index (χ0n) is 22.1. The van der Waals surface area contributed by atoms with E-state index in [0.717, 1.165) is 29.1 Å². The van der Waals surface area contributed by atoms with Gasteiger partial charge in [-0.05, 0) is 42.2 Å². The van der Waals surface area contributed by atoms with E-state index >= 15 is 0 Å². The summed E-state index contributed by atoms with van der Waals surface area (Å²) in [4.78, 5) is 29.0. The van der Waals surface area contributed by atoms with Gasteiger partial charge in [-0.25, -0.2) is 0 Å². The van der Waals surface area contributed by atoms with E-state index in [9.17, 15) is 9.59 Å². The number of benzene rings is 3. The number of amides is 2. The Balaban J connectivity index is 1.82. The number of ether oxygens (including phenoxy) is 1. The Morgan fingerprint density at radius 1 is 0.919 bits per heavy atom. The van der Waals surface area contributed by atoms with E-state index in [1.54, 1.807) is 23.8 Å². The maximum Gasteiger partial charge on any atom is 0.243 e. The van der Waals surface area contributed by atoms with Crippen LogP contribution in [-0.4, -0.2) is 41.7 Å². The zero-order chi connectivity index (χ0) is 26.5. The molecule has 2 unspecified atom stereocenters. The molecule has 6 heteroatoms. The maximum absolute atomic E-state index is 13.7. The largest absolute Gasteiger partial charge is 0.497 e. The summed E-state index contributed by atoms with van der Waals surface area (Å²) < 4.78 is 5.40. The van der Waals surface area contributed by atoms with E-state index in [2.05, 4.69) is 17.4 Å². The Morgan fingerprint density at radius 2 is 1.57 bits per heavy atom. The molecule has 0 fully saturated rings. The molecule has 0 radical (unpaired) electrons. The summed E-state index contributed by atoms with van der Waals surface area (Å²) in [5.74, 6) is 2.13. The molecule has 0 bridgehead atoms. The van der Waals surface area contributed by atoms with Gasteiger partial charge in [0.25, 0.3) is 0 Å². The van der Waals surface area contributed by atoms with Crippen molar-refractivity contribution < 1.29 is 14.3 Å². The van der Waals surface area contributed by atoms with Gasteiger partial charge in [-0.2, -0.15) is 11.8 Å². The molecule has 0 spiro atoms. The Labute approximate surface area is 225 Å². The molecule has 0 aromatic heterocycles. The number of nitrogens with one attached hydrogen (secondary N) is 1. The van der Waals surface area contributed by atoms with E-state index < -0.39 is 6.04 Å². The molecule has 0 aliphatic carbocycles. The molecule has 1 N–H and O–H groups in total. The highest BCUT2D eigenvalue weighted by atomic mass is 32.2. The van der Waals surface area contributed by atoms with Crippen LogP contribution in [0.3, 0.4) is 0 Å². The molecule has 0 saturated heterocycles. The molecule has 3 aromatic rings. The van der Waals surface area contributed by atoms with E-state index in [-0.39, 0.29) is 17.9 Å². The third-order valence-corrected chi connectivity index (χ3v) is 7.36. The van der Waals surface area contributed by atoms with Gasteiger partial charge in [0.05, 0.1) is 7.11 Å². The molecular formula is C31H38N2O3S. The number of methoxy groups -OCH3 is 1. The van der Waals surface area contributed by atoms with Crippen molar-refractivity contribution >= 4 is 23.6 Å². The predicted octanol–water partition coefficient (Wildman–Crippen LogP) is 5.87. The van der Waals surface area contributed by atoms with Gasteiger partial charge in [0.2, 0.25) is 11.8 Å². The fourth-order valence-electron chi connectivity index (χ4n) is 4.03. The minimum atomic E-state index is -0.616. The Hall–Kier alpha value is -3.25. The summed E-state index contributed by atoms with van der Waals surface area (Å²) in [6.07, 6.45) is 1.64. The first-order valence-corrected chi connectivity index (χ1v) is 14.0. The maximum atomic E-state index is 13.7. The zero-order valence-corrected chi connectivity index (χ0v) is 22.9. The third kappa shape index (κ3) is 9.29. The third-order valence-electron chi connectivity index (χ3n) is 6.33. The smallest absolute Gasteiger partial charge is 0.243 e. The van der Waals surface area contributed by atoms with Crippen molar-refractivity contribution in [2.75, 3.05) is 12.9 Å². The van der Waals surface area contributed by atoms with Crippen LogP contribution in [-0.2, 0) is 28.3 Å². The Morgan fingerprint density at radius 3 is 2.22 bits per heavy atom. The minimum absolute atomic E-state index is 0.0244. The lowest BCUT2D eigenvalue weighted by atomic mass is 10.0. The molecule has 0 aliphatic rings. The summed E-state index contributed by atoms with van der Waals surface area (Å²) >= 11 is 1.73. The molecule has 3 rings (SSSR count). The van der Waals surface area contributed by atoms with Crippen LogP contribution >= 0.6 is 11.8 Å². The molecule has 37 heavy (non-hydrogen) atoms. The number of hydrogen-bond acceptors (Lipinski definition) is 4. The molecule has 0 heterocycles. The lowest BCUT2D eigenvalue weighted by molar-refractivity contribution is -0.141. The molecule has 2 atom stereocenters. The standard InChI is InChI=1S/C31H38N2O3S/c1-4-24(2)32-31(35)29(21-25-12-7-5-8-13-25)33(22-27-16-11-17-28(20-27)36-3)30(34)18-19-37-23-26-14-9-6-10-15-26/h5-17,20,24,29H,4,18-19,21-23H2,1-3H3,(H,32,35). The fourth-order valence-corrected chi connectivity index (χ4v) is 4.92. The second-order valence-electron chi connectivity index (χ2n) is 9.18. The van der Waals surface area contributed by atoms with Crippen LogP contribution in [0.4, 0.5) is 0 Å². The monoisotopic (exact) mass is 518 g/mol. The summed E-state index contributed by atoms with van der Waals surface area (Å²) in [6, 6.07) is 27.3. The van der Waals surface area contributed by atoms with Crippen molar-refractivity contribution in [1.82, 2.24) is 10.2 Å². The van der Waals surface area contributed by atoms with Crippen LogP contribution in [0.2, 0.25) is 0 Å². The van der Waals surface area contributed by atoms with Crippen molar-refractivity contribution in [2.45, 2.75) is 57.5 Å². The molecule has 3 aromatic carbocycles. The van der Waals surface area contributed by atoms with Crippen LogP contribution in [0.1, 0.15) is 43.4 Å². The number of nitrogens with zero attached hydrogens (tertiary/aromatic N) is 1. The topological polar surface area (TPSA) is 58.6 Å². The second-order valence-corrected chi connectivity index (χ2v) is 10.3. The van der Waals surface area contributed by atoms with Crippen molar-refractivity contribution in [3.63, 3.8) is 0 Å².